The SMILES string of the molecule is Cc1ccc(NN=Cc2ccc(Oc3cccc(C)c3C)cc2)cc1. The monoisotopic (exact) mass is 330 g/mol. The fourth-order valence-electron chi connectivity index (χ4n) is 2.39. The molecule has 3 rings (SSSR count). The predicted octanol–water partition coefficient (Wildman–Crippen LogP) is 5.85. The van der Waals surface area contributed by atoms with Crippen LogP contribution in [0.5, 0.6) is 11.5 Å². The van der Waals surface area contributed by atoms with Crippen molar-refractivity contribution in [1.82, 2.24) is 0 Å². The van der Waals surface area contributed by atoms with Gasteiger partial charge in [-0.1, -0.05) is 29.8 Å². The summed E-state index contributed by atoms with van der Waals surface area (Å²) >= 11 is 0. The maximum atomic E-state index is 5.97. The lowest BCUT2D eigenvalue weighted by Crippen LogP contribution is -1.92. The van der Waals surface area contributed by atoms with Crippen molar-refractivity contribution in [3.63, 3.8) is 0 Å². The van der Waals surface area contributed by atoms with Crippen molar-refractivity contribution in [2.24, 2.45) is 5.10 Å². The molecule has 1 N–H and O–H groups in total. The van der Waals surface area contributed by atoms with Gasteiger partial charge in [0.15, 0.2) is 0 Å². The Labute approximate surface area is 149 Å². The number of nitrogens with zero attached hydrogens (tertiary/aromatic N) is 1. The molecule has 25 heavy (non-hydrogen) atoms. The van der Waals surface area contributed by atoms with E-state index in [1.165, 1.54) is 11.1 Å². The van der Waals surface area contributed by atoms with Crippen LogP contribution in [0.15, 0.2) is 71.8 Å². The van der Waals surface area contributed by atoms with Gasteiger partial charge >= 0.3 is 0 Å². The topological polar surface area (TPSA) is 33.6 Å². The van der Waals surface area contributed by atoms with Crippen molar-refractivity contribution in [2.45, 2.75) is 20.8 Å². The molecule has 0 fully saturated rings. The zero-order chi connectivity index (χ0) is 17.6. The molecule has 0 saturated heterocycles. The highest BCUT2D eigenvalue weighted by molar-refractivity contribution is 5.80. The summed E-state index contributed by atoms with van der Waals surface area (Å²) in [5.41, 5.74) is 8.62. The van der Waals surface area contributed by atoms with Crippen molar-refractivity contribution < 1.29 is 4.74 Å². The van der Waals surface area contributed by atoms with Crippen LogP contribution in [0.3, 0.4) is 0 Å². The van der Waals surface area contributed by atoms with Crippen LogP contribution >= 0.6 is 0 Å². The molecule has 0 radical (unpaired) electrons. The predicted molar refractivity (Wildman–Crippen MR) is 105 cm³/mol. The quantitative estimate of drug-likeness (QED) is 0.470. The van der Waals surface area contributed by atoms with E-state index in [1.807, 2.05) is 48.5 Å². The molecular weight excluding hydrogens is 308 g/mol. The lowest BCUT2D eigenvalue weighted by molar-refractivity contribution is 0.478. The van der Waals surface area contributed by atoms with Crippen LogP contribution in [0, 0.1) is 20.8 Å². The molecule has 3 aromatic carbocycles. The van der Waals surface area contributed by atoms with Gasteiger partial charge in [0.2, 0.25) is 0 Å². The maximum Gasteiger partial charge on any atom is 0.130 e. The minimum atomic E-state index is 0.817. The number of rotatable bonds is 5. The van der Waals surface area contributed by atoms with Crippen LogP contribution in [-0.4, -0.2) is 6.21 Å². The zero-order valence-electron chi connectivity index (χ0n) is 14.8. The Morgan fingerprint density at radius 2 is 1.56 bits per heavy atom. The van der Waals surface area contributed by atoms with Gasteiger partial charge in [0.05, 0.1) is 11.9 Å². The molecule has 0 unspecified atom stereocenters. The number of benzene rings is 3. The molecule has 0 aliphatic carbocycles. The van der Waals surface area contributed by atoms with Gasteiger partial charge < -0.3 is 4.74 Å². The van der Waals surface area contributed by atoms with Gasteiger partial charge in [-0.25, -0.2) is 0 Å². The van der Waals surface area contributed by atoms with Crippen molar-refractivity contribution in [2.75, 3.05) is 5.43 Å². The number of nitrogens with one attached hydrogen (secondary N) is 1. The number of hydrazone groups is 1. The van der Waals surface area contributed by atoms with Gasteiger partial charge in [0.25, 0.3) is 0 Å². The first kappa shape index (κ1) is 16.8. The van der Waals surface area contributed by atoms with E-state index in [0.29, 0.717) is 0 Å². The van der Waals surface area contributed by atoms with Crippen LogP contribution in [-0.2, 0) is 0 Å². The number of hydrogen-bond donors (Lipinski definition) is 1. The lowest BCUT2D eigenvalue weighted by Gasteiger charge is -2.10. The Morgan fingerprint density at radius 1 is 0.840 bits per heavy atom. The highest BCUT2D eigenvalue weighted by Crippen LogP contribution is 2.26. The average molecular weight is 330 g/mol. The lowest BCUT2D eigenvalue weighted by atomic mass is 10.1. The Bertz CT molecular complexity index is 866. The first-order valence-electron chi connectivity index (χ1n) is 8.32. The summed E-state index contributed by atoms with van der Waals surface area (Å²) in [6.45, 7) is 6.22. The van der Waals surface area contributed by atoms with Gasteiger partial charge in [-0.3, -0.25) is 5.43 Å². The summed E-state index contributed by atoms with van der Waals surface area (Å²) in [4.78, 5) is 0. The van der Waals surface area contributed by atoms with E-state index >= 15 is 0 Å². The van der Waals surface area contributed by atoms with Gasteiger partial charge in [0, 0.05) is 0 Å². The fraction of sp³-hybridized carbons (Fsp3) is 0.136. The molecule has 3 heteroatoms. The van der Waals surface area contributed by atoms with E-state index < -0.39 is 0 Å². The normalized spacial score (nSPS) is 10.8. The zero-order valence-corrected chi connectivity index (χ0v) is 14.8. The Kier molecular flexibility index (Phi) is 5.14. The number of ether oxygens (including phenoxy) is 1. The van der Waals surface area contributed by atoms with E-state index in [0.717, 1.165) is 28.3 Å². The second kappa shape index (κ2) is 7.67. The smallest absolute Gasteiger partial charge is 0.130 e. The number of aryl methyl sites for hydroxylation is 2. The van der Waals surface area contributed by atoms with Crippen LogP contribution in [0.2, 0.25) is 0 Å². The standard InChI is InChI=1S/C22H22N2O/c1-16-7-11-20(12-8-16)24-23-15-19-9-13-21(14-10-19)25-22-6-4-5-17(2)18(22)3/h4-15,24H,1-3H3. The minimum absolute atomic E-state index is 0.817. The third-order valence-electron chi connectivity index (χ3n) is 4.12. The largest absolute Gasteiger partial charge is 0.457 e. The second-order valence-electron chi connectivity index (χ2n) is 6.11. The summed E-state index contributed by atoms with van der Waals surface area (Å²) in [6.07, 6.45) is 1.79. The Balaban J connectivity index is 1.63. The maximum absolute atomic E-state index is 5.97. The Hall–Kier alpha value is -3.07. The molecule has 3 aromatic rings. The number of anilines is 1. The molecular formula is C22H22N2O. The van der Waals surface area contributed by atoms with Gasteiger partial charge in [0.1, 0.15) is 11.5 Å². The van der Waals surface area contributed by atoms with E-state index in [4.69, 9.17) is 4.74 Å². The van der Waals surface area contributed by atoms with Crippen molar-refractivity contribution in [3.8, 4) is 11.5 Å². The molecule has 126 valence electrons. The minimum Gasteiger partial charge on any atom is -0.457 e. The van der Waals surface area contributed by atoms with Crippen LogP contribution in [0.1, 0.15) is 22.3 Å². The van der Waals surface area contributed by atoms with Crippen LogP contribution in [0.4, 0.5) is 5.69 Å². The third kappa shape index (κ3) is 4.48. The molecule has 0 saturated carbocycles. The second-order valence-corrected chi connectivity index (χ2v) is 6.11. The molecule has 0 aromatic heterocycles. The average Bonchev–Trinajstić information content (AvgIpc) is 2.62. The summed E-state index contributed by atoms with van der Waals surface area (Å²) in [5.74, 6) is 1.71. The molecule has 0 spiro atoms. The van der Waals surface area contributed by atoms with E-state index in [9.17, 15) is 0 Å². The molecule has 0 aliphatic heterocycles. The molecule has 0 bridgehead atoms. The van der Waals surface area contributed by atoms with Crippen molar-refractivity contribution >= 4 is 11.9 Å². The summed E-state index contributed by atoms with van der Waals surface area (Å²) in [7, 11) is 0. The van der Waals surface area contributed by atoms with Crippen LogP contribution in [0.25, 0.3) is 0 Å². The van der Waals surface area contributed by atoms with E-state index in [-0.39, 0.29) is 0 Å². The summed E-state index contributed by atoms with van der Waals surface area (Å²) in [5, 5.41) is 4.27. The fourth-order valence-corrected chi connectivity index (χ4v) is 2.39. The van der Waals surface area contributed by atoms with Gasteiger partial charge in [-0.2, -0.15) is 5.10 Å². The first-order valence-corrected chi connectivity index (χ1v) is 8.32. The summed E-state index contributed by atoms with van der Waals surface area (Å²) in [6, 6.07) is 22.1. The summed E-state index contributed by atoms with van der Waals surface area (Å²) < 4.78 is 5.97. The number of hydrogen-bond acceptors (Lipinski definition) is 3. The van der Waals surface area contributed by atoms with Crippen molar-refractivity contribution in [1.29, 1.82) is 0 Å². The molecule has 0 heterocycles. The molecule has 3 nitrogen and oxygen atoms in total. The Morgan fingerprint density at radius 3 is 2.28 bits per heavy atom. The van der Waals surface area contributed by atoms with Crippen molar-refractivity contribution in [3.05, 3.63) is 89.0 Å². The van der Waals surface area contributed by atoms with E-state index in [2.05, 4.69) is 49.5 Å². The van der Waals surface area contributed by atoms with Crippen LogP contribution < -0.4 is 10.2 Å². The molecule has 0 atom stereocenters. The molecule has 0 amide bonds. The molecule has 0 aliphatic rings. The highest BCUT2D eigenvalue weighted by atomic mass is 16.5. The highest BCUT2D eigenvalue weighted by Gasteiger charge is 2.03. The third-order valence-corrected chi connectivity index (χ3v) is 4.12. The van der Waals surface area contributed by atoms with Gasteiger partial charge in [-0.15, -0.1) is 0 Å². The van der Waals surface area contributed by atoms with Gasteiger partial charge in [-0.05, 0) is 79.9 Å². The van der Waals surface area contributed by atoms with E-state index in [1.54, 1.807) is 6.21 Å². The first-order chi connectivity index (χ1) is 12.1.